The summed E-state index contributed by atoms with van der Waals surface area (Å²) in [6, 6.07) is 4.76. The summed E-state index contributed by atoms with van der Waals surface area (Å²) in [4.78, 5) is 12.7. The molecule has 1 atom stereocenters. The number of rotatable bonds is 6. The molecule has 0 bridgehead atoms. The summed E-state index contributed by atoms with van der Waals surface area (Å²) in [7, 11) is 3.49. The maximum Gasteiger partial charge on any atom is 0.226 e. The highest BCUT2D eigenvalue weighted by atomic mass is 32.1. The molecule has 5 nitrogen and oxygen atoms in total. The molecule has 3 aromatic rings. The number of methoxy groups -OCH3 is 1. The van der Waals surface area contributed by atoms with Gasteiger partial charge in [0.05, 0.1) is 29.5 Å². The van der Waals surface area contributed by atoms with E-state index in [-0.39, 0.29) is 11.8 Å². The Morgan fingerprint density at radius 2 is 2.00 bits per heavy atom. The first-order chi connectivity index (χ1) is 12.8. The molecule has 144 valence electrons. The zero-order chi connectivity index (χ0) is 19.7. The molecule has 0 fully saturated rings. The molecule has 0 radical (unpaired) electrons. The van der Waals surface area contributed by atoms with Gasteiger partial charge in [0.1, 0.15) is 5.76 Å². The van der Waals surface area contributed by atoms with E-state index in [0.717, 1.165) is 22.2 Å². The lowest BCUT2D eigenvalue weighted by Crippen LogP contribution is -2.23. The van der Waals surface area contributed by atoms with E-state index >= 15 is 0 Å². The first kappa shape index (κ1) is 19.5. The zero-order valence-electron chi connectivity index (χ0n) is 16.5. The van der Waals surface area contributed by atoms with Crippen LogP contribution in [0.15, 0.2) is 22.6 Å². The number of hydrogen-bond donors (Lipinski definition) is 0. The molecule has 0 aliphatic rings. The van der Waals surface area contributed by atoms with Crippen LogP contribution in [0.1, 0.15) is 40.0 Å². The van der Waals surface area contributed by atoms with Crippen LogP contribution < -0.4 is 4.74 Å². The number of ether oxygens (including phenoxy) is 1. The highest BCUT2D eigenvalue weighted by molar-refractivity contribution is 7.11. The maximum absolute atomic E-state index is 13.6. The molecular formula is C20H24FN3O2S. The number of aryl methyl sites for hydroxylation is 3. The van der Waals surface area contributed by atoms with Crippen molar-refractivity contribution in [2.75, 3.05) is 14.2 Å². The van der Waals surface area contributed by atoms with Crippen molar-refractivity contribution in [1.29, 1.82) is 0 Å². The molecule has 2 heterocycles. The Labute approximate surface area is 162 Å². The molecule has 0 saturated heterocycles. The summed E-state index contributed by atoms with van der Waals surface area (Å²) in [6.45, 7) is 8.79. The third-order valence-corrected chi connectivity index (χ3v) is 5.59. The lowest BCUT2D eigenvalue weighted by molar-refractivity contribution is 0.245. The van der Waals surface area contributed by atoms with Gasteiger partial charge < -0.3 is 9.15 Å². The van der Waals surface area contributed by atoms with E-state index in [2.05, 4.69) is 28.7 Å². The molecule has 1 unspecified atom stereocenters. The largest absolute Gasteiger partial charge is 0.494 e. The second-order valence-corrected chi connectivity index (χ2v) is 8.04. The quantitative estimate of drug-likeness (QED) is 0.589. The van der Waals surface area contributed by atoms with Gasteiger partial charge in [-0.05, 0) is 52.9 Å². The van der Waals surface area contributed by atoms with Gasteiger partial charge >= 0.3 is 0 Å². The van der Waals surface area contributed by atoms with Gasteiger partial charge in [0.2, 0.25) is 5.89 Å². The Bertz CT molecular complexity index is 951. The van der Waals surface area contributed by atoms with Crippen LogP contribution in [0, 0.1) is 26.6 Å². The molecule has 1 aromatic carbocycles. The second-order valence-electron chi connectivity index (χ2n) is 6.64. The summed E-state index contributed by atoms with van der Waals surface area (Å²) < 4.78 is 24.5. The first-order valence-corrected chi connectivity index (χ1v) is 9.56. The van der Waals surface area contributed by atoms with E-state index < -0.39 is 5.82 Å². The van der Waals surface area contributed by atoms with Gasteiger partial charge in [0.15, 0.2) is 11.6 Å². The minimum Gasteiger partial charge on any atom is -0.494 e. The summed E-state index contributed by atoms with van der Waals surface area (Å²) in [5.74, 6) is 0.971. The van der Waals surface area contributed by atoms with Crippen molar-refractivity contribution in [2.45, 2.75) is 40.3 Å². The number of hydrogen-bond acceptors (Lipinski definition) is 6. The molecule has 0 saturated carbocycles. The van der Waals surface area contributed by atoms with Gasteiger partial charge in [-0.15, -0.1) is 11.3 Å². The minimum absolute atomic E-state index is 0.167. The number of aromatic nitrogens is 2. The predicted octanol–water partition coefficient (Wildman–Crippen LogP) is 5.06. The Kier molecular flexibility index (Phi) is 5.62. The Hall–Kier alpha value is -2.25. The zero-order valence-corrected chi connectivity index (χ0v) is 17.3. The van der Waals surface area contributed by atoms with Gasteiger partial charge in [-0.1, -0.05) is 0 Å². The Morgan fingerprint density at radius 1 is 1.26 bits per heavy atom. The van der Waals surface area contributed by atoms with Crippen LogP contribution >= 0.6 is 11.3 Å². The molecular weight excluding hydrogens is 365 g/mol. The lowest BCUT2D eigenvalue weighted by Gasteiger charge is -2.23. The van der Waals surface area contributed by atoms with E-state index in [0.29, 0.717) is 18.0 Å². The van der Waals surface area contributed by atoms with E-state index in [1.807, 2.05) is 20.9 Å². The van der Waals surface area contributed by atoms with Crippen molar-refractivity contribution in [2.24, 2.45) is 0 Å². The number of thiazole rings is 1. The van der Waals surface area contributed by atoms with Crippen LogP contribution in [0.3, 0.4) is 0 Å². The smallest absolute Gasteiger partial charge is 0.226 e. The van der Waals surface area contributed by atoms with Crippen LogP contribution in [0.5, 0.6) is 5.75 Å². The molecule has 0 aliphatic heterocycles. The average molecular weight is 389 g/mol. The third kappa shape index (κ3) is 4.04. The molecule has 27 heavy (non-hydrogen) atoms. The molecule has 0 amide bonds. The van der Waals surface area contributed by atoms with Gasteiger partial charge in [-0.2, -0.15) is 0 Å². The lowest BCUT2D eigenvalue weighted by atomic mass is 10.2. The molecule has 2 aromatic heterocycles. The summed E-state index contributed by atoms with van der Waals surface area (Å²) in [6.07, 6.45) is 0. The van der Waals surface area contributed by atoms with Gasteiger partial charge in [0, 0.05) is 17.0 Å². The Balaban J connectivity index is 1.81. The molecule has 0 N–H and O–H groups in total. The fourth-order valence-corrected chi connectivity index (χ4v) is 3.91. The van der Waals surface area contributed by atoms with Crippen molar-refractivity contribution in [1.82, 2.24) is 14.9 Å². The van der Waals surface area contributed by atoms with Gasteiger partial charge in [-0.3, -0.25) is 4.90 Å². The SMILES string of the molecule is COc1cc(-c2nc(CN(C)C(C)c3nc(C)sc3C)c(C)o2)ccc1F. The van der Waals surface area contributed by atoms with E-state index in [9.17, 15) is 4.39 Å². The van der Waals surface area contributed by atoms with Crippen molar-refractivity contribution >= 4 is 11.3 Å². The van der Waals surface area contributed by atoms with E-state index in [1.54, 1.807) is 23.5 Å². The summed E-state index contributed by atoms with van der Waals surface area (Å²) in [5.41, 5.74) is 2.64. The van der Waals surface area contributed by atoms with Crippen molar-refractivity contribution in [3.63, 3.8) is 0 Å². The topological polar surface area (TPSA) is 51.4 Å². The highest BCUT2D eigenvalue weighted by Crippen LogP contribution is 2.30. The fourth-order valence-electron chi connectivity index (χ4n) is 3.01. The van der Waals surface area contributed by atoms with E-state index in [4.69, 9.17) is 9.15 Å². The van der Waals surface area contributed by atoms with Crippen LogP contribution in [-0.4, -0.2) is 29.0 Å². The van der Waals surface area contributed by atoms with E-state index in [1.165, 1.54) is 18.1 Å². The Morgan fingerprint density at radius 3 is 2.63 bits per heavy atom. The summed E-state index contributed by atoms with van der Waals surface area (Å²) >= 11 is 1.72. The van der Waals surface area contributed by atoms with Gasteiger partial charge in [0.25, 0.3) is 0 Å². The highest BCUT2D eigenvalue weighted by Gasteiger charge is 2.21. The van der Waals surface area contributed by atoms with Crippen LogP contribution in [0.4, 0.5) is 4.39 Å². The first-order valence-electron chi connectivity index (χ1n) is 8.74. The molecule has 3 rings (SSSR count). The number of halogens is 1. The number of nitrogens with zero attached hydrogens (tertiary/aromatic N) is 3. The normalized spacial score (nSPS) is 12.6. The second kappa shape index (κ2) is 7.78. The fraction of sp³-hybridized carbons (Fsp3) is 0.400. The predicted molar refractivity (Wildman–Crippen MR) is 105 cm³/mol. The van der Waals surface area contributed by atoms with Gasteiger partial charge in [-0.25, -0.2) is 14.4 Å². The minimum atomic E-state index is -0.410. The number of oxazole rings is 1. The number of benzene rings is 1. The monoisotopic (exact) mass is 389 g/mol. The van der Waals surface area contributed by atoms with Crippen molar-refractivity contribution in [3.8, 4) is 17.2 Å². The van der Waals surface area contributed by atoms with Crippen LogP contribution in [-0.2, 0) is 6.54 Å². The summed E-state index contributed by atoms with van der Waals surface area (Å²) in [5, 5.41) is 1.08. The maximum atomic E-state index is 13.6. The molecule has 7 heteroatoms. The van der Waals surface area contributed by atoms with Crippen LogP contribution in [0.25, 0.3) is 11.5 Å². The molecule has 0 spiro atoms. The molecule has 0 aliphatic carbocycles. The van der Waals surface area contributed by atoms with Crippen molar-refractivity contribution < 1.29 is 13.5 Å². The van der Waals surface area contributed by atoms with Crippen molar-refractivity contribution in [3.05, 3.63) is 51.0 Å². The third-order valence-electron chi connectivity index (χ3n) is 4.69. The standard InChI is InChI=1S/C20H24FN3O2S/c1-11(19-13(3)27-14(4)22-19)24(5)10-17-12(2)26-20(23-17)15-7-8-16(21)18(9-15)25-6/h7-9,11H,10H2,1-6H3. The van der Waals surface area contributed by atoms with Crippen LogP contribution in [0.2, 0.25) is 0 Å². The average Bonchev–Trinajstić information content (AvgIpc) is 3.16.